The van der Waals surface area contributed by atoms with E-state index in [1.165, 1.54) is 12.1 Å². The lowest BCUT2D eigenvalue weighted by molar-refractivity contribution is -0.394. The molecule has 2 heterocycles. The first-order valence-electron chi connectivity index (χ1n) is 24.7. The largest absolute Gasteiger partial charge is 0.379 e. The Bertz CT molecular complexity index is 3120. The van der Waals surface area contributed by atoms with Crippen LogP contribution in [0.1, 0.15) is 53.6 Å². The number of piperidine rings is 1. The van der Waals surface area contributed by atoms with Crippen molar-refractivity contribution < 1.29 is 83.1 Å². The number of benzene rings is 4. The highest BCUT2D eigenvalue weighted by Crippen LogP contribution is 2.47. The van der Waals surface area contributed by atoms with E-state index in [0.29, 0.717) is 183 Å². The number of rotatable bonds is 34. The third-order valence-corrected chi connectivity index (χ3v) is 14.3. The molecule has 416 valence electrons. The van der Waals surface area contributed by atoms with Gasteiger partial charge in [0.1, 0.15) is 16.2 Å². The van der Waals surface area contributed by atoms with Crippen LogP contribution < -0.4 is 10.2 Å². The number of nitrogens with one attached hydrogen (secondary N) is 1. The van der Waals surface area contributed by atoms with Gasteiger partial charge in [-0.05, 0) is 62.4 Å². The van der Waals surface area contributed by atoms with Gasteiger partial charge in [-0.2, -0.15) is 16.8 Å². The van der Waals surface area contributed by atoms with Gasteiger partial charge in [0.05, 0.1) is 128 Å². The zero-order chi connectivity index (χ0) is 55.0. The fourth-order valence-electron chi connectivity index (χ4n) is 8.85. The number of ketones is 2. The summed E-state index contributed by atoms with van der Waals surface area (Å²) in [6.07, 6.45) is 2.93. The van der Waals surface area contributed by atoms with Crippen LogP contribution in [0.5, 0.6) is 0 Å². The second-order valence-corrected chi connectivity index (χ2v) is 20.5. The molecule has 0 amide bonds. The number of aryl methyl sites for hydroxylation is 1. The Morgan fingerprint density at radius 3 is 1.87 bits per heavy atom. The minimum Gasteiger partial charge on any atom is -0.379 e. The van der Waals surface area contributed by atoms with Crippen LogP contribution in [-0.4, -0.2) is 158 Å². The van der Waals surface area contributed by atoms with E-state index in [4.69, 9.17) is 37.7 Å². The van der Waals surface area contributed by atoms with E-state index in [0.717, 1.165) is 18.2 Å². The lowest BCUT2D eigenvalue weighted by Crippen LogP contribution is -2.39. The first kappa shape index (κ1) is 58.3. The molecule has 1 atom stereocenters. The van der Waals surface area contributed by atoms with Gasteiger partial charge >= 0.3 is 0 Å². The SMILES string of the molecule is O=C1c2ccccc2-c2onc3c(N4CCC[C@H](C(=O)CCCOCCOCCOCCOCCOCCOCCOCCCc5ccc([N+](=O)[O-])cc5[N+](=O)[O-])C4)cc(Nc4ccc(S(=O)(=O)O)cc4S(=O)(=O)O)c1c23. The lowest BCUT2D eigenvalue weighted by Gasteiger charge is -2.34. The van der Waals surface area contributed by atoms with Gasteiger partial charge in [-0.1, -0.05) is 29.4 Å². The number of fused-ring (bicyclic) bond motifs is 2. The van der Waals surface area contributed by atoms with Crippen molar-refractivity contribution in [1.82, 2.24) is 5.16 Å². The van der Waals surface area contributed by atoms with Gasteiger partial charge in [-0.25, -0.2) is 0 Å². The average molecular weight is 1110 g/mol. The molecule has 2 aliphatic rings. The van der Waals surface area contributed by atoms with Crippen molar-refractivity contribution in [2.45, 2.75) is 48.3 Å². The predicted molar refractivity (Wildman–Crippen MR) is 275 cm³/mol. The van der Waals surface area contributed by atoms with Gasteiger partial charge in [0.25, 0.3) is 31.6 Å². The Labute approximate surface area is 442 Å². The quantitative estimate of drug-likeness (QED) is 0.0170. The number of Topliss-reactive ketones (excluding diaryl/α,β-unsaturated/α-hetero) is 1. The van der Waals surface area contributed by atoms with Crippen LogP contribution in [0.25, 0.3) is 22.2 Å². The summed E-state index contributed by atoms with van der Waals surface area (Å²) in [5.41, 5.74) is 1.36. The number of nitro benzene ring substituents is 2. The van der Waals surface area contributed by atoms with Gasteiger partial charge in [-0.15, -0.1) is 0 Å². The zero-order valence-electron chi connectivity index (χ0n) is 41.8. The minimum atomic E-state index is -5.07. The van der Waals surface area contributed by atoms with E-state index < -0.39 is 45.7 Å². The normalized spacial score (nSPS) is 14.5. The van der Waals surface area contributed by atoms with E-state index >= 15 is 0 Å². The average Bonchev–Trinajstić information content (AvgIpc) is 3.94. The Hall–Kier alpha value is -6.37. The number of non-ortho nitro benzene ring substituents is 1. The summed E-state index contributed by atoms with van der Waals surface area (Å²) in [4.78, 5) is 48.9. The topological polar surface area (TPSA) is 335 Å². The summed E-state index contributed by atoms with van der Waals surface area (Å²) in [5, 5.41) is 29.8. The molecule has 1 aliphatic carbocycles. The smallest absolute Gasteiger partial charge is 0.296 e. The van der Waals surface area contributed by atoms with Crippen molar-refractivity contribution in [2.75, 3.05) is 116 Å². The summed E-state index contributed by atoms with van der Waals surface area (Å²) < 4.78 is 113. The fraction of sp³-hybridized carbons (Fsp3) is 0.460. The number of carbonyl (C=O) groups excluding carboxylic acids is 2. The highest BCUT2D eigenvalue weighted by Gasteiger charge is 2.36. The van der Waals surface area contributed by atoms with Gasteiger partial charge < -0.3 is 47.9 Å². The van der Waals surface area contributed by atoms with Gasteiger partial charge in [0, 0.05) is 61.4 Å². The second kappa shape index (κ2) is 27.8. The number of aromatic nitrogens is 1. The molecule has 0 spiro atoms. The van der Waals surface area contributed by atoms with Crippen LogP contribution in [0.3, 0.4) is 0 Å². The number of nitrogens with zero attached hydrogens (tertiary/aromatic N) is 4. The van der Waals surface area contributed by atoms with E-state index in [-0.39, 0.29) is 46.4 Å². The van der Waals surface area contributed by atoms with Crippen LogP contribution >= 0.6 is 0 Å². The first-order chi connectivity index (χ1) is 37.0. The zero-order valence-corrected chi connectivity index (χ0v) is 43.5. The molecule has 7 rings (SSSR count). The number of hydrogen-bond donors (Lipinski definition) is 3. The van der Waals surface area contributed by atoms with Crippen molar-refractivity contribution in [3.8, 4) is 11.3 Å². The molecule has 27 heteroatoms. The highest BCUT2D eigenvalue weighted by atomic mass is 32.2. The highest BCUT2D eigenvalue weighted by molar-refractivity contribution is 7.86. The molecular formula is C50H59N5O20S2. The minimum absolute atomic E-state index is 0.0517. The van der Waals surface area contributed by atoms with E-state index in [1.807, 2.05) is 4.90 Å². The second-order valence-electron chi connectivity index (χ2n) is 17.7. The summed E-state index contributed by atoms with van der Waals surface area (Å²) in [7, 11) is -9.93. The first-order valence-corrected chi connectivity index (χ1v) is 27.6. The lowest BCUT2D eigenvalue weighted by atomic mass is 9.85. The number of anilines is 3. The summed E-state index contributed by atoms with van der Waals surface area (Å²) in [5.74, 6) is -0.417. The molecule has 0 saturated carbocycles. The molecule has 5 aromatic rings. The Morgan fingerprint density at radius 1 is 0.714 bits per heavy atom. The van der Waals surface area contributed by atoms with Crippen molar-refractivity contribution in [2.24, 2.45) is 5.92 Å². The maximum Gasteiger partial charge on any atom is 0.296 e. The number of ether oxygens (including phenoxy) is 7. The van der Waals surface area contributed by atoms with E-state index in [9.17, 15) is 55.8 Å². The van der Waals surface area contributed by atoms with Crippen LogP contribution in [-0.2, 0) is 64.6 Å². The molecule has 1 aliphatic heterocycles. The summed E-state index contributed by atoms with van der Waals surface area (Å²) >= 11 is 0. The molecule has 0 radical (unpaired) electrons. The molecular weight excluding hydrogens is 1050 g/mol. The van der Waals surface area contributed by atoms with E-state index in [1.54, 1.807) is 30.3 Å². The summed E-state index contributed by atoms with van der Waals surface area (Å²) in [6.45, 7) is 5.92. The molecule has 4 aromatic carbocycles. The molecule has 0 bridgehead atoms. The van der Waals surface area contributed by atoms with Gasteiger partial charge in [0.2, 0.25) is 0 Å². The number of nitro groups is 2. The Kier molecular flexibility index (Phi) is 21.0. The van der Waals surface area contributed by atoms with Gasteiger partial charge in [0.15, 0.2) is 11.5 Å². The van der Waals surface area contributed by atoms with E-state index in [2.05, 4.69) is 10.5 Å². The van der Waals surface area contributed by atoms with Crippen LogP contribution in [0.4, 0.5) is 28.4 Å². The van der Waals surface area contributed by atoms with Crippen LogP contribution in [0.2, 0.25) is 0 Å². The predicted octanol–water partition coefficient (Wildman–Crippen LogP) is 6.41. The van der Waals surface area contributed by atoms with Crippen molar-refractivity contribution in [3.05, 3.63) is 104 Å². The maximum atomic E-state index is 14.2. The van der Waals surface area contributed by atoms with Crippen molar-refractivity contribution in [3.63, 3.8) is 0 Å². The maximum absolute atomic E-state index is 14.2. The molecule has 25 nitrogen and oxygen atoms in total. The monoisotopic (exact) mass is 1110 g/mol. The molecule has 1 fully saturated rings. The molecule has 0 unspecified atom stereocenters. The molecule has 3 N–H and O–H groups in total. The Balaban J connectivity index is 0.743. The third-order valence-electron chi connectivity index (χ3n) is 12.5. The molecule has 1 aromatic heterocycles. The molecule has 1 saturated heterocycles. The molecule has 77 heavy (non-hydrogen) atoms. The third kappa shape index (κ3) is 15.9. The van der Waals surface area contributed by atoms with Gasteiger partial charge in [-0.3, -0.25) is 38.9 Å². The standard InChI is InChI=1S/C50H59N5O20S2/c56-44(10-5-17-69-19-21-71-23-25-73-27-29-74-28-26-72-24-22-70-20-18-68-16-4-7-34-11-12-36(54(58)59)30-42(34)55(60)61)35-6-3-15-53(33-35)43-32-41(51-40-14-13-37(76(62,63)64)31-45(40)77(65,66)67)46-47-48(43)52-75-50(47)39-9-2-1-8-38(39)49(46)57/h1-2,8-9,11-14,30-32,35,51H,3-7,10,15-29,33H2,(H,62,63,64)(H,65,66,67)/t35-/m0/s1. The van der Waals surface area contributed by atoms with Crippen molar-refractivity contribution in [1.29, 1.82) is 0 Å². The number of carbonyl (C=O) groups is 2. The van der Waals surface area contributed by atoms with Crippen molar-refractivity contribution >= 4 is 71.1 Å². The van der Waals surface area contributed by atoms with Crippen LogP contribution in [0.15, 0.2) is 81.0 Å². The number of hydrogen-bond acceptors (Lipinski definition) is 21. The van der Waals surface area contributed by atoms with Crippen LogP contribution in [0, 0.1) is 26.1 Å². The Morgan fingerprint density at radius 2 is 1.30 bits per heavy atom. The fourth-order valence-corrected chi connectivity index (χ4v) is 10.1. The summed E-state index contributed by atoms with van der Waals surface area (Å²) in [6, 6.07) is 14.6.